The Morgan fingerprint density at radius 1 is 0.976 bits per heavy atom. The van der Waals surface area contributed by atoms with Crippen LogP contribution in [0.15, 0.2) is 46.4 Å². The van der Waals surface area contributed by atoms with Gasteiger partial charge in [0.25, 0.3) is 0 Å². The fourth-order valence-electron chi connectivity index (χ4n) is 5.28. The summed E-state index contributed by atoms with van der Waals surface area (Å²) in [6, 6.07) is 9.94. The molecule has 0 aliphatic carbocycles. The Labute approximate surface area is 245 Å². The molecule has 1 amide bonds. The number of amidine groups is 1. The van der Waals surface area contributed by atoms with Gasteiger partial charge in [0.05, 0.1) is 4.90 Å². The maximum atomic E-state index is 14.3. The molecule has 1 saturated heterocycles. The van der Waals surface area contributed by atoms with Gasteiger partial charge in [-0.1, -0.05) is 84.0 Å². The third-order valence-electron chi connectivity index (χ3n) is 7.85. The molecule has 4 N–H and O–H groups in total. The van der Waals surface area contributed by atoms with Crippen LogP contribution in [-0.2, 0) is 21.2 Å². The number of piperazine rings is 1. The Hall–Kier alpha value is -2.95. The van der Waals surface area contributed by atoms with E-state index in [0.29, 0.717) is 24.2 Å². The second-order valence-corrected chi connectivity index (χ2v) is 13.5. The van der Waals surface area contributed by atoms with Gasteiger partial charge in [-0.15, -0.1) is 0 Å². The molecule has 0 aromatic heterocycles. The smallest absolute Gasteiger partial charge is 0.241 e. The summed E-state index contributed by atoms with van der Waals surface area (Å²) in [4.78, 5) is 18.2. The summed E-state index contributed by atoms with van der Waals surface area (Å²) in [5.74, 6) is -0.139. The number of carbonyl (C=O) groups is 1. The van der Waals surface area contributed by atoms with E-state index in [0.717, 1.165) is 36.3 Å². The van der Waals surface area contributed by atoms with Crippen molar-refractivity contribution in [3.05, 3.63) is 64.2 Å². The Balaban J connectivity index is 2.08. The van der Waals surface area contributed by atoms with E-state index in [1.165, 1.54) is 0 Å². The predicted molar refractivity (Wildman–Crippen MR) is 164 cm³/mol. The first-order valence-corrected chi connectivity index (χ1v) is 16.0. The Morgan fingerprint density at radius 3 is 2.05 bits per heavy atom. The van der Waals surface area contributed by atoms with Gasteiger partial charge >= 0.3 is 0 Å². The van der Waals surface area contributed by atoms with E-state index in [2.05, 4.69) is 35.5 Å². The lowest BCUT2D eigenvalue weighted by Crippen LogP contribution is -2.55. The first-order valence-electron chi connectivity index (χ1n) is 14.6. The SMILES string of the molecule is CCN1CCN(C(=O)[C@H](Cc2cccc(/C(N)=N/O)c2)NS(=O)(=O)c2c(C(C)C)cc(C(C)C)cc2C(C)C)CC1. The van der Waals surface area contributed by atoms with Crippen LogP contribution >= 0.6 is 0 Å². The lowest BCUT2D eigenvalue weighted by atomic mass is 9.89. The molecular formula is C31H47N5O4S. The normalized spacial score (nSPS) is 16.1. The minimum Gasteiger partial charge on any atom is -0.409 e. The number of likely N-dealkylation sites (N-methyl/N-ethyl adjacent to an activating group) is 1. The van der Waals surface area contributed by atoms with E-state index >= 15 is 0 Å². The Kier molecular flexibility index (Phi) is 11.0. The summed E-state index contributed by atoms with van der Waals surface area (Å²) in [7, 11) is -4.10. The molecule has 2 aromatic rings. The van der Waals surface area contributed by atoms with Gasteiger partial charge in [0.2, 0.25) is 15.9 Å². The lowest BCUT2D eigenvalue weighted by molar-refractivity contribution is -0.134. The standard InChI is InChI=1S/C31H47N5O4S/c1-8-35-12-14-36(15-13-35)31(37)28(17-23-10-9-11-24(16-23)30(32)33-38)34-41(39,40)29-26(21(4)5)18-25(20(2)3)19-27(29)22(6)7/h9-11,16,18-22,28,34,38H,8,12-15,17H2,1-7H3,(H2,32,33)/t28-/m0/s1. The Bertz CT molecular complexity index is 1320. The molecule has 0 radical (unpaired) electrons. The number of nitrogens with two attached hydrogens (primary N) is 1. The van der Waals surface area contributed by atoms with Crippen molar-refractivity contribution in [2.45, 2.75) is 83.6 Å². The zero-order valence-corrected chi connectivity index (χ0v) is 26.3. The fourth-order valence-corrected chi connectivity index (χ4v) is 7.17. The zero-order chi connectivity index (χ0) is 30.5. The molecule has 1 aliphatic heterocycles. The number of amides is 1. The summed E-state index contributed by atoms with van der Waals surface area (Å²) >= 11 is 0. The van der Waals surface area contributed by atoms with Crippen molar-refractivity contribution in [1.82, 2.24) is 14.5 Å². The second kappa shape index (κ2) is 13.8. The molecule has 0 unspecified atom stereocenters. The van der Waals surface area contributed by atoms with Crippen molar-refractivity contribution in [2.24, 2.45) is 10.9 Å². The number of oxime groups is 1. The number of sulfonamides is 1. The number of rotatable bonds is 11. The maximum absolute atomic E-state index is 14.3. The van der Waals surface area contributed by atoms with E-state index in [1.54, 1.807) is 23.1 Å². The molecule has 9 nitrogen and oxygen atoms in total. The van der Waals surface area contributed by atoms with Gasteiger partial charge in [0, 0.05) is 31.7 Å². The maximum Gasteiger partial charge on any atom is 0.241 e. The van der Waals surface area contributed by atoms with Crippen LogP contribution in [0, 0.1) is 0 Å². The highest BCUT2D eigenvalue weighted by atomic mass is 32.2. The van der Waals surface area contributed by atoms with E-state index in [1.807, 2.05) is 45.9 Å². The average molecular weight is 586 g/mol. The number of benzene rings is 2. The summed E-state index contributed by atoms with van der Waals surface area (Å²) in [5, 5.41) is 12.2. The van der Waals surface area contributed by atoms with Gasteiger partial charge in [-0.2, -0.15) is 4.72 Å². The monoisotopic (exact) mass is 585 g/mol. The van der Waals surface area contributed by atoms with Crippen LogP contribution in [0.2, 0.25) is 0 Å². The highest BCUT2D eigenvalue weighted by Crippen LogP contribution is 2.35. The summed E-state index contributed by atoms with van der Waals surface area (Å²) in [6.45, 7) is 17.7. The van der Waals surface area contributed by atoms with Crippen molar-refractivity contribution in [3.63, 3.8) is 0 Å². The van der Waals surface area contributed by atoms with Gasteiger partial charge < -0.3 is 20.7 Å². The topological polar surface area (TPSA) is 128 Å². The van der Waals surface area contributed by atoms with E-state index in [-0.39, 0.29) is 40.8 Å². The fraction of sp³-hybridized carbons (Fsp3) is 0.548. The molecule has 226 valence electrons. The molecule has 0 spiro atoms. The van der Waals surface area contributed by atoms with Gasteiger partial charge in [-0.05, 0) is 59.0 Å². The highest BCUT2D eigenvalue weighted by Gasteiger charge is 2.34. The highest BCUT2D eigenvalue weighted by molar-refractivity contribution is 7.89. The number of hydrogen-bond acceptors (Lipinski definition) is 6. The van der Waals surface area contributed by atoms with Crippen LogP contribution in [0.25, 0.3) is 0 Å². The quantitative estimate of drug-likeness (QED) is 0.157. The second-order valence-electron chi connectivity index (χ2n) is 11.8. The van der Waals surface area contributed by atoms with Gasteiger partial charge in [0.1, 0.15) is 6.04 Å². The molecule has 2 aromatic carbocycles. The number of hydrogen-bond donors (Lipinski definition) is 3. The van der Waals surface area contributed by atoms with Crippen molar-refractivity contribution in [3.8, 4) is 0 Å². The third kappa shape index (κ3) is 7.87. The molecule has 0 saturated carbocycles. The lowest BCUT2D eigenvalue weighted by Gasteiger charge is -2.36. The molecule has 10 heteroatoms. The van der Waals surface area contributed by atoms with Crippen LogP contribution in [0.1, 0.15) is 94.0 Å². The van der Waals surface area contributed by atoms with Gasteiger partial charge in [-0.25, -0.2) is 8.42 Å². The zero-order valence-electron chi connectivity index (χ0n) is 25.5. The summed E-state index contributed by atoms with van der Waals surface area (Å²) in [6.07, 6.45) is 0.122. The van der Waals surface area contributed by atoms with Crippen LogP contribution in [-0.4, -0.2) is 73.9 Å². The van der Waals surface area contributed by atoms with Gasteiger partial charge in [-0.3, -0.25) is 4.79 Å². The van der Waals surface area contributed by atoms with Crippen molar-refractivity contribution >= 4 is 21.8 Å². The van der Waals surface area contributed by atoms with E-state index in [4.69, 9.17) is 10.9 Å². The van der Waals surface area contributed by atoms with Crippen LogP contribution in [0.5, 0.6) is 0 Å². The van der Waals surface area contributed by atoms with Crippen molar-refractivity contribution in [1.29, 1.82) is 0 Å². The van der Waals surface area contributed by atoms with Crippen molar-refractivity contribution < 1.29 is 18.4 Å². The van der Waals surface area contributed by atoms with E-state index < -0.39 is 16.1 Å². The first kappa shape index (κ1) is 32.6. The van der Waals surface area contributed by atoms with Crippen LogP contribution in [0.3, 0.4) is 0 Å². The van der Waals surface area contributed by atoms with Crippen molar-refractivity contribution in [2.75, 3.05) is 32.7 Å². The number of nitrogens with one attached hydrogen (secondary N) is 1. The predicted octanol–water partition coefficient (Wildman–Crippen LogP) is 4.21. The minimum absolute atomic E-state index is 0.0357. The molecule has 1 atom stereocenters. The van der Waals surface area contributed by atoms with Crippen LogP contribution < -0.4 is 10.5 Å². The minimum atomic E-state index is -4.10. The molecular weight excluding hydrogens is 538 g/mol. The molecule has 1 fully saturated rings. The molecule has 0 bridgehead atoms. The average Bonchev–Trinajstić information content (AvgIpc) is 2.95. The molecule has 3 rings (SSSR count). The first-order chi connectivity index (χ1) is 19.3. The Morgan fingerprint density at radius 2 is 1.56 bits per heavy atom. The van der Waals surface area contributed by atoms with Gasteiger partial charge in [0.15, 0.2) is 5.84 Å². The number of nitrogens with zero attached hydrogens (tertiary/aromatic N) is 3. The molecule has 1 heterocycles. The molecule has 1 aliphatic rings. The van der Waals surface area contributed by atoms with Crippen LogP contribution in [0.4, 0.5) is 0 Å². The largest absolute Gasteiger partial charge is 0.409 e. The van der Waals surface area contributed by atoms with E-state index in [9.17, 15) is 13.2 Å². The third-order valence-corrected chi connectivity index (χ3v) is 9.45. The molecule has 41 heavy (non-hydrogen) atoms. The summed E-state index contributed by atoms with van der Waals surface area (Å²) in [5.41, 5.74) is 9.60. The summed E-state index contributed by atoms with van der Waals surface area (Å²) < 4.78 is 31.5. The number of carbonyl (C=O) groups excluding carboxylic acids is 1.